The Morgan fingerprint density at radius 3 is 2.86 bits per heavy atom. The molecule has 1 saturated heterocycles. The van der Waals surface area contributed by atoms with E-state index < -0.39 is 18.4 Å². The molecule has 5 rings (SSSR count). The zero-order valence-corrected chi connectivity index (χ0v) is 14.9. The zero-order valence-electron chi connectivity index (χ0n) is 14.9. The van der Waals surface area contributed by atoms with E-state index in [1.807, 2.05) is 17.0 Å². The number of rotatable bonds is 2. The molecular formula is C19H18F2N4O3. The molecule has 28 heavy (non-hydrogen) atoms. The first kappa shape index (κ1) is 17.0. The van der Waals surface area contributed by atoms with Gasteiger partial charge in [0.25, 0.3) is 17.7 Å². The Hall–Kier alpha value is -3.10. The average Bonchev–Trinajstić information content (AvgIpc) is 3.37. The van der Waals surface area contributed by atoms with Gasteiger partial charge < -0.3 is 24.8 Å². The summed E-state index contributed by atoms with van der Waals surface area (Å²) in [6, 6.07) is 7.13. The third-order valence-electron chi connectivity index (χ3n) is 5.38. The molecule has 9 heteroatoms. The van der Waals surface area contributed by atoms with Crippen LogP contribution >= 0.6 is 0 Å². The molecule has 1 aromatic heterocycles. The number of fused-ring (bicyclic) bond motifs is 2. The van der Waals surface area contributed by atoms with Crippen LogP contribution < -0.4 is 15.0 Å². The van der Waals surface area contributed by atoms with Gasteiger partial charge in [-0.15, -0.1) is 0 Å². The first-order chi connectivity index (χ1) is 13.4. The van der Waals surface area contributed by atoms with Crippen molar-refractivity contribution in [1.29, 1.82) is 0 Å². The van der Waals surface area contributed by atoms with Gasteiger partial charge in [-0.25, -0.2) is 8.78 Å². The summed E-state index contributed by atoms with van der Waals surface area (Å²) < 4.78 is 32.6. The molecule has 0 radical (unpaired) electrons. The van der Waals surface area contributed by atoms with Crippen molar-refractivity contribution in [3.8, 4) is 5.75 Å². The van der Waals surface area contributed by atoms with Crippen LogP contribution in [0, 0.1) is 0 Å². The average molecular weight is 388 g/mol. The Morgan fingerprint density at radius 2 is 2.07 bits per heavy atom. The fourth-order valence-electron chi connectivity index (χ4n) is 3.93. The third kappa shape index (κ3) is 2.69. The summed E-state index contributed by atoms with van der Waals surface area (Å²) in [6.45, 7) is 0.937. The molecule has 2 N–H and O–H groups in total. The van der Waals surface area contributed by atoms with Crippen molar-refractivity contribution in [2.24, 2.45) is 0 Å². The van der Waals surface area contributed by atoms with Crippen LogP contribution in [0.5, 0.6) is 5.75 Å². The molecule has 0 atom stereocenters. The lowest BCUT2D eigenvalue weighted by atomic mass is 10.1. The normalized spacial score (nSPS) is 19.9. The third-order valence-corrected chi connectivity index (χ3v) is 5.38. The van der Waals surface area contributed by atoms with Crippen LogP contribution in [0.1, 0.15) is 32.8 Å². The summed E-state index contributed by atoms with van der Waals surface area (Å²) in [7, 11) is 0. The highest BCUT2D eigenvalue weighted by Gasteiger charge is 2.41. The van der Waals surface area contributed by atoms with Crippen LogP contribution in [0.15, 0.2) is 24.3 Å². The van der Waals surface area contributed by atoms with Crippen LogP contribution in [0.4, 0.5) is 20.3 Å². The SMILES string of the molecule is O=C1NCc2cc(N3CCOc4cc(C(=O)N5CCC(F)(F)C5)[nH]c43)ccc21. The number of aromatic amines is 1. The molecule has 0 bridgehead atoms. The predicted molar refractivity (Wildman–Crippen MR) is 96.4 cm³/mol. The molecule has 4 heterocycles. The Labute approximate surface area is 159 Å². The summed E-state index contributed by atoms with van der Waals surface area (Å²) in [4.78, 5) is 30.6. The summed E-state index contributed by atoms with van der Waals surface area (Å²) in [5, 5.41) is 2.79. The molecule has 0 unspecified atom stereocenters. The number of hydrogen-bond donors (Lipinski definition) is 2. The van der Waals surface area contributed by atoms with Crippen molar-refractivity contribution < 1.29 is 23.1 Å². The Kier molecular flexibility index (Phi) is 3.62. The number of anilines is 2. The van der Waals surface area contributed by atoms with Gasteiger partial charge in [-0.3, -0.25) is 9.59 Å². The first-order valence-electron chi connectivity index (χ1n) is 9.13. The second-order valence-electron chi connectivity index (χ2n) is 7.25. The number of carbonyl (C=O) groups is 2. The van der Waals surface area contributed by atoms with E-state index in [2.05, 4.69) is 10.3 Å². The van der Waals surface area contributed by atoms with Crippen molar-refractivity contribution >= 4 is 23.3 Å². The lowest BCUT2D eigenvalue weighted by Gasteiger charge is -2.29. The molecule has 2 aromatic rings. The van der Waals surface area contributed by atoms with E-state index in [4.69, 9.17) is 4.74 Å². The Morgan fingerprint density at radius 1 is 1.21 bits per heavy atom. The summed E-state index contributed by atoms with van der Waals surface area (Å²) in [5.41, 5.74) is 2.67. The molecular weight excluding hydrogens is 370 g/mol. The van der Waals surface area contributed by atoms with E-state index in [1.54, 1.807) is 12.1 Å². The standard InChI is InChI=1S/C19H18F2N4O3/c20-19(21)3-4-24(10-19)18(27)14-8-15-16(23-14)25(5-6-28-15)12-1-2-13-11(7-12)9-22-17(13)26/h1-2,7-8,23H,3-6,9-10H2,(H,22,26). The van der Waals surface area contributed by atoms with E-state index in [0.29, 0.717) is 36.8 Å². The van der Waals surface area contributed by atoms with E-state index in [0.717, 1.165) is 16.2 Å². The minimum Gasteiger partial charge on any atom is -0.488 e. The summed E-state index contributed by atoms with van der Waals surface area (Å²) >= 11 is 0. The topological polar surface area (TPSA) is 77.7 Å². The van der Waals surface area contributed by atoms with Crippen LogP contribution in [0.3, 0.4) is 0 Å². The van der Waals surface area contributed by atoms with Crippen molar-refractivity contribution in [2.75, 3.05) is 31.1 Å². The molecule has 3 aliphatic rings. The molecule has 146 valence electrons. The van der Waals surface area contributed by atoms with Gasteiger partial charge in [-0.2, -0.15) is 0 Å². The van der Waals surface area contributed by atoms with E-state index >= 15 is 0 Å². The minimum atomic E-state index is -2.83. The number of carbonyl (C=O) groups excluding carboxylic acids is 2. The fourth-order valence-corrected chi connectivity index (χ4v) is 3.93. The second-order valence-corrected chi connectivity index (χ2v) is 7.25. The van der Waals surface area contributed by atoms with Gasteiger partial charge >= 0.3 is 0 Å². The second kappa shape index (κ2) is 5.95. The van der Waals surface area contributed by atoms with Crippen molar-refractivity contribution in [3.63, 3.8) is 0 Å². The van der Waals surface area contributed by atoms with Crippen molar-refractivity contribution in [2.45, 2.75) is 18.9 Å². The van der Waals surface area contributed by atoms with Crippen LogP contribution in [0.2, 0.25) is 0 Å². The maximum Gasteiger partial charge on any atom is 0.270 e. The first-order valence-corrected chi connectivity index (χ1v) is 9.13. The van der Waals surface area contributed by atoms with Gasteiger partial charge in [0.05, 0.1) is 13.1 Å². The Bertz CT molecular complexity index is 988. The number of halogens is 2. The van der Waals surface area contributed by atoms with Crippen molar-refractivity contribution in [1.82, 2.24) is 15.2 Å². The van der Waals surface area contributed by atoms with Crippen LogP contribution in [-0.2, 0) is 6.54 Å². The zero-order chi connectivity index (χ0) is 19.5. The largest absolute Gasteiger partial charge is 0.488 e. The lowest BCUT2D eigenvalue weighted by Crippen LogP contribution is -2.31. The highest BCUT2D eigenvalue weighted by molar-refractivity contribution is 5.99. The molecule has 7 nitrogen and oxygen atoms in total. The lowest BCUT2D eigenvalue weighted by molar-refractivity contribution is 0.0119. The number of ether oxygens (including phenoxy) is 1. The van der Waals surface area contributed by atoms with Crippen LogP contribution in [0.25, 0.3) is 0 Å². The van der Waals surface area contributed by atoms with Gasteiger partial charge in [0, 0.05) is 36.8 Å². The molecule has 1 fully saturated rings. The number of nitrogens with zero attached hydrogens (tertiary/aromatic N) is 2. The molecule has 3 aliphatic heterocycles. The minimum absolute atomic E-state index is 0.0337. The van der Waals surface area contributed by atoms with E-state index in [-0.39, 0.29) is 24.6 Å². The van der Waals surface area contributed by atoms with Crippen molar-refractivity contribution in [3.05, 3.63) is 41.1 Å². The maximum atomic E-state index is 13.5. The maximum absolute atomic E-state index is 13.5. The Balaban J connectivity index is 1.45. The quantitative estimate of drug-likeness (QED) is 0.828. The summed E-state index contributed by atoms with van der Waals surface area (Å²) in [6.07, 6.45) is -0.316. The number of nitrogens with one attached hydrogen (secondary N) is 2. The van der Waals surface area contributed by atoms with Gasteiger partial charge in [0.1, 0.15) is 12.3 Å². The molecule has 0 spiro atoms. The number of aromatic nitrogens is 1. The van der Waals surface area contributed by atoms with Gasteiger partial charge in [0.2, 0.25) is 0 Å². The van der Waals surface area contributed by atoms with Gasteiger partial charge in [-0.05, 0) is 23.8 Å². The monoisotopic (exact) mass is 388 g/mol. The highest BCUT2D eigenvalue weighted by atomic mass is 19.3. The number of hydrogen-bond acceptors (Lipinski definition) is 4. The smallest absolute Gasteiger partial charge is 0.270 e. The van der Waals surface area contributed by atoms with E-state index in [9.17, 15) is 18.4 Å². The van der Waals surface area contributed by atoms with Crippen LogP contribution in [-0.4, -0.2) is 53.9 Å². The number of likely N-dealkylation sites (tertiary alicyclic amines) is 1. The number of H-pyrrole nitrogens is 1. The fraction of sp³-hybridized carbons (Fsp3) is 0.368. The molecule has 0 aliphatic carbocycles. The van der Waals surface area contributed by atoms with Gasteiger partial charge in [-0.1, -0.05) is 0 Å². The highest BCUT2D eigenvalue weighted by Crippen LogP contribution is 2.38. The predicted octanol–water partition coefficient (Wildman–Crippen LogP) is 2.27. The molecule has 0 saturated carbocycles. The number of benzene rings is 1. The van der Waals surface area contributed by atoms with Gasteiger partial charge in [0.15, 0.2) is 11.6 Å². The number of amides is 2. The molecule has 2 amide bonds. The number of alkyl halides is 2. The summed E-state index contributed by atoms with van der Waals surface area (Å²) in [5.74, 6) is -2.26. The van der Waals surface area contributed by atoms with E-state index in [1.165, 1.54) is 0 Å². The molecule has 1 aromatic carbocycles.